The number of carbonyl (C=O) groups is 2. The number of carbonyl (C=O) groups excluding carboxylic acids is 2. The molecule has 2 heterocycles. The van der Waals surface area contributed by atoms with Gasteiger partial charge in [-0.25, -0.2) is 9.78 Å². The van der Waals surface area contributed by atoms with Crippen molar-refractivity contribution in [3.05, 3.63) is 99.6 Å². The summed E-state index contributed by atoms with van der Waals surface area (Å²) in [7, 11) is 0. The molecule has 2 aromatic carbocycles. The fraction of sp³-hybridized carbons (Fsp3) is 0.0870. The molecule has 0 fully saturated rings. The number of hydrogen-bond donors (Lipinski definition) is 3. The van der Waals surface area contributed by atoms with Crippen molar-refractivity contribution in [1.29, 1.82) is 0 Å². The van der Waals surface area contributed by atoms with Gasteiger partial charge in [0, 0.05) is 23.0 Å². The number of aromatic amines is 1. The molecule has 32 heavy (non-hydrogen) atoms. The molecule has 9 nitrogen and oxygen atoms in total. The van der Waals surface area contributed by atoms with Gasteiger partial charge in [0.15, 0.2) is 5.82 Å². The molecule has 0 aliphatic carbocycles. The summed E-state index contributed by atoms with van der Waals surface area (Å²) in [4.78, 5) is 36.9. The minimum absolute atomic E-state index is 0.266. The largest absolute Gasteiger partial charge is 0.322 e. The van der Waals surface area contributed by atoms with E-state index in [1.165, 1.54) is 23.0 Å². The first-order chi connectivity index (χ1) is 15.4. The Morgan fingerprint density at radius 3 is 2.34 bits per heavy atom. The number of benzene rings is 2. The highest BCUT2D eigenvalue weighted by molar-refractivity contribution is 6.09. The number of hydrogen-bond acceptors (Lipinski definition) is 5. The molecule has 0 saturated heterocycles. The van der Waals surface area contributed by atoms with Crippen molar-refractivity contribution in [2.75, 3.05) is 10.6 Å². The zero-order valence-electron chi connectivity index (χ0n) is 17.4. The highest BCUT2D eigenvalue weighted by atomic mass is 16.2. The number of nitrogens with one attached hydrogen (secondary N) is 3. The van der Waals surface area contributed by atoms with Gasteiger partial charge in [-0.1, -0.05) is 24.3 Å². The molecule has 3 N–H and O–H groups in total. The van der Waals surface area contributed by atoms with Gasteiger partial charge in [0.25, 0.3) is 17.4 Å². The molecule has 0 bridgehead atoms. The third-order valence-electron chi connectivity index (χ3n) is 4.99. The molecule has 4 rings (SSSR count). The zero-order valence-corrected chi connectivity index (χ0v) is 17.4. The van der Waals surface area contributed by atoms with Crippen LogP contribution >= 0.6 is 0 Å². The Hall–Kier alpha value is -4.53. The predicted molar refractivity (Wildman–Crippen MR) is 120 cm³/mol. The van der Waals surface area contributed by atoms with Gasteiger partial charge in [-0.05, 0) is 49.7 Å². The van der Waals surface area contributed by atoms with Crippen LogP contribution < -0.4 is 16.2 Å². The van der Waals surface area contributed by atoms with Crippen LogP contribution in [0.1, 0.15) is 32.0 Å². The van der Waals surface area contributed by atoms with Gasteiger partial charge in [-0.15, -0.1) is 0 Å². The molecule has 160 valence electrons. The van der Waals surface area contributed by atoms with E-state index in [0.717, 1.165) is 0 Å². The fourth-order valence-corrected chi connectivity index (χ4v) is 3.25. The summed E-state index contributed by atoms with van der Waals surface area (Å²) in [6.45, 7) is 3.50. The maximum absolute atomic E-state index is 12.9. The first-order valence-corrected chi connectivity index (χ1v) is 9.82. The van der Waals surface area contributed by atoms with Gasteiger partial charge in [-0.2, -0.15) is 10.2 Å². The molecule has 0 aliphatic rings. The van der Waals surface area contributed by atoms with Crippen LogP contribution in [0.4, 0.5) is 11.4 Å². The van der Waals surface area contributed by atoms with E-state index in [-0.39, 0.29) is 17.4 Å². The molecular formula is C23H20N6O3. The Kier molecular flexibility index (Phi) is 5.63. The van der Waals surface area contributed by atoms with E-state index in [9.17, 15) is 14.4 Å². The normalized spacial score (nSPS) is 10.6. The van der Waals surface area contributed by atoms with E-state index in [4.69, 9.17) is 0 Å². The molecule has 0 spiro atoms. The highest BCUT2D eigenvalue weighted by Gasteiger charge is 2.18. The molecule has 0 radical (unpaired) electrons. The van der Waals surface area contributed by atoms with E-state index in [0.29, 0.717) is 39.6 Å². The summed E-state index contributed by atoms with van der Waals surface area (Å²) in [5.41, 5.74) is 2.87. The second kappa shape index (κ2) is 8.68. The van der Waals surface area contributed by atoms with E-state index < -0.39 is 0 Å². The molecule has 2 aromatic heterocycles. The van der Waals surface area contributed by atoms with Crippen LogP contribution in [-0.2, 0) is 0 Å². The highest BCUT2D eigenvalue weighted by Crippen LogP contribution is 2.22. The number of para-hydroxylation sites is 1. The molecule has 0 unspecified atom stereocenters. The standard InChI is InChI=1S/C23H20N6O3/c1-14-17(22(31)25-16-7-4-3-5-8-16)9-6-10-19(14)26-23(32)18-13-24-29(15(18)2)20-11-12-21(30)28-27-20/h3-13H,1-2H3,(H,25,31)(H,26,32)(H,28,30). The minimum Gasteiger partial charge on any atom is -0.322 e. The van der Waals surface area contributed by atoms with Crippen LogP contribution in [-0.4, -0.2) is 31.8 Å². The number of nitrogens with zero attached hydrogens (tertiary/aromatic N) is 3. The fourth-order valence-electron chi connectivity index (χ4n) is 3.25. The predicted octanol–water partition coefficient (Wildman–Crippen LogP) is 3.08. The minimum atomic E-state index is -0.373. The van der Waals surface area contributed by atoms with Crippen LogP contribution in [0.15, 0.2) is 71.7 Å². The van der Waals surface area contributed by atoms with Crippen LogP contribution in [0.5, 0.6) is 0 Å². The van der Waals surface area contributed by atoms with Crippen molar-refractivity contribution >= 4 is 23.2 Å². The maximum atomic E-state index is 12.9. The summed E-state index contributed by atoms with van der Waals surface area (Å²) in [5, 5.41) is 16.2. The average Bonchev–Trinajstić information content (AvgIpc) is 3.17. The lowest BCUT2D eigenvalue weighted by molar-refractivity contribution is 0.101. The van der Waals surface area contributed by atoms with Gasteiger partial charge in [0.2, 0.25) is 0 Å². The van der Waals surface area contributed by atoms with Crippen molar-refractivity contribution in [3.63, 3.8) is 0 Å². The Bertz CT molecular complexity index is 1340. The van der Waals surface area contributed by atoms with Crippen molar-refractivity contribution < 1.29 is 9.59 Å². The van der Waals surface area contributed by atoms with Gasteiger partial charge in [0.05, 0.1) is 17.5 Å². The van der Waals surface area contributed by atoms with Crippen molar-refractivity contribution in [2.24, 2.45) is 0 Å². The van der Waals surface area contributed by atoms with Gasteiger partial charge < -0.3 is 10.6 Å². The zero-order chi connectivity index (χ0) is 22.7. The molecule has 0 saturated carbocycles. The van der Waals surface area contributed by atoms with Crippen LogP contribution in [0.2, 0.25) is 0 Å². The second-order valence-electron chi connectivity index (χ2n) is 7.09. The van der Waals surface area contributed by atoms with Crippen LogP contribution in [0.25, 0.3) is 5.82 Å². The Balaban J connectivity index is 1.55. The number of amides is 2. The molecule has 4 aromatic rings. The summed E-state index contributed by atoms with van der Waals surface area (Å²) in [6.07, 6.45) is 1.43. The number of anilines is 2. The quantitative estimate of drug-likeness (QED) is 0.451. The summed E-state index contributed by atoms with van der Waals surface area (Å²) < 4.78 is 1.46. The van der Waals surface area contributed by atoms with E-state index in [2.05, 4.69) is 25.9 Å². The molecule has 0 atom stereocenters. The van der Waals surface area contributed by atoms with E-state index >= 15 is 0 Å². The summed E-state index contributed by atoms with van der Waals surface area (Å²) in [6, 6.07) is 17.1. The van der Waals surface area contributed by atoms with Gasteiger partial charge >= 0.3 is 0 Å². The second-order valence-corrected chi connectivity index (χ2v) is 7.09. The third kappa shape index (κ3) is 4.17. The van der Waals surface area contributed by atoms with E-state index in [1.54, 1.807) is 44.2 Å². The molecule has 2 amide bonds. The number of H-pyrrole nitrogens is 1. The molecule has 9 heteroatoms. The third-order valence-corrected chi connectivity index (χ3v) is 4.99. The summed E-state index contributed by atoms with van der Waals surface area (Å²) >= 11 is 0. The number of aromatic nitrogens is 4. The van der Waals surface area contributed by atoms with Crippen LogP contribution in [0, 0.1) is 13.8 Å². The van der Waals surface area contributed by atoms with Crippen molar-refractivity contribution in [3.8, 4) is 5.82 Å². The SMILES string of the molecule is Cc1c(NC(=O)c2cnn(-c3ccc(=O)[nH]n3)c2C)cccc1C(=O)Nc1ccccc1. The number of rotatable bonds is 5. The topological polar surface area (TPSA) is 122 Å². The van der Waals surface area contributed by atoms with Gasteiger partial charge in [-0.3, -0.25) is 14.4 Å². The summed E-state index contributed by atoms with van der Waals surface area (Å²) in [5.74, 6) is -0.253. The smallest absolute Gasteiger partial charge is 0.264 e. The van der Waals surface area contributed by atoms with Crippen molar-refractivity contribution in [1.82, 2.24) is 20.0 Å². The lowest BCUT2D eigenvalue weighted by atomic mass is 10.1. The Labute approximate surface area is 183 Å². The monoisotopic (exact) mass is 428 g/mol. The first kappa shape index (κ1) is 20.7. The van der Waals surface area contributed by atoms with E-state index in [1.807, 2.05) is 18.2 Å². The average molecular weight is 428 g/mol. The van der Waals surface area contributed by atoms with Crippen molar-refractivity contribution in [2.45, 2.75) is 13.8 Å². The lowest BCUT2D eigenvalue weighted by Gasteiger charge is -2.13. The molecule has 0 aliphatic heterocycles. The Morgan fingerprint density at radius 1 is 0.875 bits per heavy atom. The first-order valence-electron chi connectivity index (χ1n) is 9.82. The lowest BCUT2D eigenvalue weighted by Crippen LogP contribution is -2.17. The Morgan fingerprint density at radius 2 is 1.62 bits per heavy atom. The molecular weight excluding hydrogens is 408 g/mol. The maximum Gasteiger partial charge on any atom is 0.264 e. The van der Waals surface area contributed by atoms with Crippen LogP contribution in [0.3, 0.4) is 0 Å². The van der Waals surface area contributed by atoms with Gasteiger partial charge in [0.1, 0.15) is 0 Å².